The predicted octanol–water partition coefficient (Wildman–Crippen LogP) is 5.22. The first kappa shape index (κ1) is 26.9. The molecule has 7 nitrogen and oxygen atoms in total. The maximum Gasteiger partial charge on any atom is 0.328 e. The molecular weight excluding hydrogens is 478 g/mol. The molecule has 0 saturated carbocycles. The summed E-state index contributed by atoms with van der Waals surface area (Å²) in [6.07, 6.45) is 7.54. The van der Waals surface area contributed by atoms with Crippen LogP contribution in [0.15, 0.2) is 79.0 Å². The summed E-state index contributed by atoms with van der Waals surface area (Å²) in [5, 5.41) is 18.9. The average Bonchev–Trinajstić information content (AvgIpc) is 2.88. The van der Waals surface area contributed by atoms with Crippen molar-refractivity contribution in [3.8, 4) is 0 Å². The molecule has 0 saturated heterocycles. The Morgan fingerprint density at radius 3 is 2.47 bits per heavy atom. The van der Waals surface area contributed by atoms with Gasteiger partial charge in [-0.05, 0) is 46.9 Å². The summed E-state index contributed by atoms with van der Waals surface area (Å²) in [4.78, 5) is 27.9. The molecule has 0 unspecified atom stereocenters. The van der Waals surface area contributed by atoms with Crippen molar-refractivity contribution in [2.75, 3.05) is 38.1 Å². The highest BCUT2D eigenvalue weighted by atomic mass is 35.5. The number of nitrogens with zero attached hydrogens (tertiary/aromatic N) is 3. The number of aliphatic carboxylic acids is 2. The monoisotopic (exact) mass is 507 g/mol. The second-order valence-corrected chi connectivity index (χ2v) is 8.82. The first-order valence-corrected chi connectivity index (χ1v) is 12.1. The summed E-state index contributed by atoms with van der Waals surface area (Å²) < 4.78 is 0. The van der Waals surface area contributed by atoms with Crippen molar-refractivity contribution in [3.63, 3.8) is 0 Å². The Bertz CT molecular complexity index is 1240. The van der Waals surface area contributed by atoms with Crippen LogP contribution >= 0.6 is 11.6 Å². The fourth-order valence-electron chi connectivity index (χ4n) is 4.10. The molecule has 2 aromatic carbocycles. The normalized spacial score (nSPS) is 13.7. The van der Waals surface area contributed by atoms with E-state index in [2.05, 4.69) is 70.4 Å². The Kier molecular flexibility index (Phi) is 10.0. The molecule has 4 rings (SSSR count). The van der Waals surface area contributed by atoms with Crippen molar-refractivity contribution < 1.29 is 19.8 Å². The van der Waals surface area contributed by atoms with E-state index in [-0.39, 0.29) is 0 Å². The number of hydrogen-bond donors (Lipinski definition) is 2. The molecule has 0 fully saturated rings. The molecule has 3 aromatic rings. The fraction of sp³-hybridized carbons (Fsp3) is 0.250. The predicted molar refractivity (Wildman–Crippen MR) is 145 cm³/mol. The molecule has 0 radical (unpaired) electrons. The van der Waals surface area contributed by atoms with Crippen molar-refractivity contribution in [2.24, 2.45) is 0 Å². The Morgan fingerprint density at radius 2 is 1.81 bits per heavy atom. The van der Waals surface area contributed by atoms with Gasteiger partial charge in [-0.15, -0.1) is 0 Å². The van der Waals surface area contributed by atoms with Crippen LogP contribution < -0.4 is 4.90 Å². The minimum atomic E-state index is -1.26. The van der Waals surface area contributed by atoms with Gasteiger partial charge in [-0.3, -0.25) is 4.90 Å². The number of halogens is 1. The number of hydrogen-bond acceptors (Lipinski definition) is 5. The number of pyridine rings is 1. The summed E-state index contributed by atoms with van der Waals surface area (Å²) in [5.41, 5.74) is 4.00. The van der Waals surface area contributed by atoms with Crippen molar-refractivity contribution >= 4 is 45.6 Å². The molecule has 0 amide bonds. The highest BCUT2D eigenvalue weighted by Gasteiger charge is 2.14. The molecular formula is C28H30ClN3O4. The maximum absolute atomic E-state index is 9.55. The Morgan fingerprint density at radius 1 is 1.08 bits per heavy atom. The SMILES string of the molecule is CN(CCCN1CC=C(c2cccc3ccccc23)CC1)c1ccnc(Cl)c1.O=C(O)/C=C/C(=O)O. The minimum absolute atomic E-state index is 0.548. The number of carboxylic acids is 2. The largest absolute Gasteiger partial charge is 0.478 e. The van der Waals surface area contributed by atoms with Gasteiger partial charge < -0.3 is 15.1 Å². The molecule has 8 heteroatoms. The highest BCUT2D eigenvalue weighted by molar-refractivity contribution is 6.29. The number of benzene rings is 2. The summed E-state index contributed by atoms with van der Waals surface area (Å²) in [6.45, 7) is 4.28. The van der Waals surface area contributed by atoms with Gasteiger partial charge in [0, 0.05) is 57.3 Å². The zero-order valence-electron chi connectivity index (χ0n) is 20.2. The molecule has 2 N–H and O–H groups in total. The molecule has 2 heterocycles. The zero-order chi connectivity index (χ0) is 25.9. The van der Waals surface area contributed by atoms with Crippen LogP contribution in [0.1, 0.15) is 18.4 Å². The number of carboxylic acid groups (broad SMARTS) is 2. The van der Waals surface area contributed by atoms with Crippen molar-refractivity contribution in [1.82, 2.24) is 9.88 Å². The van der Waals surface area contributed by atoms with Crippen LogP contribution in [-0.4, -0.2) is 65.3 Å². The van der Waals surface area contributed by atoms with Crippen LogP contribution in [0, 0.1) is 0 Å². The second kappa shape index (κ2) is 13.4. The lowest BCUT2D eigenvalue weighted by Gasteiger charge is -2.28. The van der Waals surface area contributed by atoms with Gasteiger partial charge in [0.05, 0.1) is 0 Å². The average molecular weight is 508 g/mol. The fourth-order valence-corrected chi connectivity index (χ4v) is 4.27. The summed E-state index contributed by atoms with van der Waals surface area (Å²) >= 11 is 5.99. The number of aromatic nitrogens is 1. The topological polar surface area (TPSA) is 94.0 Å². The van der Waals surface area contributed by atoms with Crippen LogP contribution in [0.3, 0.4) is 0 Å². The van der Waals surface area contributed by atoms with Gasteiger partial charge in [-0.25, -0.2) is 14.6 Å². The summed E-state index contributed by atoms with van der Waals surface area (Å²) in [5.74, 6) is -2.51. The van der Waals surface area contributed by atoms with E-state index in [0.717, 1.165) is 44.7 Å². The Labute approximate surface area is 215 Å². The number of carbonyl (C=O) groups is 2. The molecule has 188 valence electrons. The van der Waals surface area contributed by atoms with Crippen LogP contribution in [0.2, 0.25) is 5.15 Å². The van der Waals surface area contributed by atoms with Crippen LogP contribution in [0.4, 0.5) is 5.69 Å². The first-order chi connectivity index (χ1) is 17.3. The van der Waals surface area contributed by atoms with E-state index < -0.39 is 11.9 Å². The maximum atomic E-state index is 9.55. The van der Waals surface area contributed by atoms with Gasteiger partial charge in [0.1, 0.15) is 5.15 Å². The van der Waals surface area contributed by atoms with Gasteiger partial charge in [0.15, 0.2) is 0 Å². The molecule has 0 aliphatic carbocycles. The lowest BCUT2D eigenvalue weighted by molar-refractivity contribution is -0.134. The molecule has 1 aliphatic rings. The second-order valence-electron chi connectivity index (χ2n) is 8.43. The van der Waals surface area contributed by atoms with E-state index in [1.165, 1.54) is 21.9 Å². The molecule has 0 atom stereocenters. The molecule has 0 bridgehead atoms. The number of rotatable bonds is 8. The third-order valence-corrected chi connectivity index (χ3v) is 6.12. The van der Waals surface area contributed by atoms with Gasteiger partial charge in [-0.2, -0.15) is 0 Å². The quantitative estimate of drug-likeness (QED) is 0.319. The van der Waals surface area contributed by atoms with Gasteiger partial charge in [0.2, 0.25) is 0 Å². The van der Waals surface area contributed by atoms with Gasteiger partial charge >= 0.3 is 11.9 Å². The molecule has 0 spiro atoms. The lowest BCUT2D eigenvalue weighted by Crippen LogP contribution is -2.31. The first-order valence-electron chi connectivity index (χ1n) is 11.7. The third-order valence-electron chi connectivity index (χ3n) is 5.92. The standard InChI is InChI=1S/C24H26ClN3.C4H4O4/c1-27(21-10-13-26-24(25)18-21)14-5-15-28-16-11-20(12-17-28)23-9-4-7-19-6-2-3-8-22(19)23;5-3(6)1-2-4(7)8/h2-4,6-11,13,18H,5,12,14-17H2,1H3;1-2H,(H,5,6)(H,7,8)/b;2-1+. The molecule has 36 heavy (non-hydrogen) atoms. The number of fused-ring (bicyclic) bond motifs is 1. The van der Waals surface area contributed by atoms with Crippen LogP contribution in [0.25, 0.3) is 16.3 Å². The summed E-state index contributed by atoms with van der Waals surface area (Å²) in [7, 11) is 2.11. The van der Waals surface area contributed by atoms with E-state index in [0.29, 0.717) is 17.3 Å². The van der Waals surface area contributed by atoms with Crippen molar-refractivity contribution in [1.29, 1.82) is 0 Å². The van der Waals surface area contributed by atoms with E-state index >= 15 is 0 Å². The van der Waals surface area contributed by atoms with E-state index in [4.69, 9.17) is 21.8 Å². The van der Waals surface area contributed by atoms with E-state index in [1.54, 1.807) is 6.20 Å². The van der Waals surface area contributed by atoms with Crippen LogP contribution in [0.5, 0.6) is 0 Å². The molecule has 1 aromatic heterocycles. The van der Waals surface area contributed by atoms with Crippen molar-refractivity contribution in [3.05, 3.63) is 89.7 Å². The highest BCUT2D eigenvalue weighted by Crippen LogP contribution is 2.29. The Balaban J connectivity index is 0.000000392. The minimum Gasteiger partial charge on any atom is -0.478 e. The van der Waals surface area contributed by atoms with Crippen LogP contribution in [-0.2, 0) is 9.59 Å². The van der Waals surface area contributed by atoms with E-state index in [1.807, 2.05) is 12.1 Å². The number of anilines is 1. The van der Waals surface area contributed by atoms with Crippen molar-refractivity contribution in [2.45, 2.75) is 12.8 Å². The summed E-state index contributed by atoms with van der Waals surface area (Å²) in [6, 6.07) is 19.2. The zero-order valence-corrected chi connectivity index (χ0v) is 20.9. The van der Waals surface area contributed by atoms with E-state index in [9.17, 15) is 9.59 Å². The molecule has 1 aliphatic heterocycles. The third kappa shape index (κ3) is 8.22. The van der Waals surface area contributed by atoms with Gasteiger partial charge in [0.25, 0.3) is 0 Å². The smallest absolute Gasteiger partial charge is 0.328 e. The lowest BCUT2D eigenvalue weighted by atomic mass is 9.94. The Hall–Kier alpha value is -3.68. The van der Waals surface area contributed by atoms with Gasteiger partial charge in [-0.1, -0.05) is 60.1 Å².